The molecule has 1 unspecified atom stereocenters. The number of aromatic nitrogens is 4. The van der Waals surface area contributed by atoms with Gasteiger partial charge in [0.25, 0.3) is 0 Å². The second-order valence-electron chi connectivity index (χ2n) is 9.11. The van der Waals surface area contributed by atoms with Crippen molar-refractivity contribution >= 4 is 21.5 Å². The minimum Gasteiger partial charge on any atom is -0.334 e. The maximum Gasteiger partial charge on any atom is 0.317 e. The monoisotopic (exact) mass is 420 g/mol. The molecule has 1 N–H and O–H groups in total. The van der Waals surface area contributed by atoms with Crippen LogP contribution in [0.3, 0.4) is 0 Å². The van der Waals surface area contributed by atoms with E-state index in [2.05, 4.69) is 36.3 Å². The number of likely N-dealkylation sites (tertiary alicyclic amines) is 1. The molecular weight excluding hydrogens is 392 g/mol. The Morgan fingerprint density at radius 2 is 1.86 bits per heavy atom. The van der Waals surface area contributed by atoms with Gasteiger partial charge in [0.2, 0.25) is 0 Å². The number of nitrogens with one attached hydrogen (secondary N) is 1. The van der Waals surface area contributed by atoms with Crippen molar-refractivity contribution in [1.29, 1.82) is 0 Å². The van der Waals surface area contributed by atoms with Crippen LogP contribution in [0.25, 0.3) is 5.65 Å². The van der Waals surface area contributed by atoms with E-state index in [-0.39, 0.29) is 34.9 Å². The molecule has 2 aromatic rings. The normalized spacial score (nSPS) is 22.9. The minimum absolute atomic E-state index is 0.0444. The summed E-state index contributed by atoms with van der Waals surface area (Å²) in [4.78, 5) is 14.3. The van der Waals surface area contributed by atoms with Gasteiger partial charge in [-0.2, -0.15) is 9.61 Å². The van der Waals surface area contributed by atoms with Crippen molar-refractivity contribution in [2.24, 2.45) is 0 Å². The third-order valence-corrected chi connectivity index (χ3v) is 7.53. The van der Waals surface area contributed by atoms with Gasteiger partial charge in [-0.05, 0) is 31.4 Å². The average molecular weight is 421 g/mol. The zero-order valence-corrected chi connectivity index (χ0v) is 17.9. The molecule has 158 valence electrons. The van der Waals surface area contributed by atoms with Gasteiger partial charge in [0.05, 0.1) is 17.2 Å². The highest BCUT2D eigenvalue weighted by atomic mass is 32.2. The summed E-state index contributed by atoms with van der Waals surface area (Å²) in [6.07, 6.45) is 2.05. The summed E-state index contributed by atoms with van der Waals surface area (Å²) in [5.74, 6) is 1.23. The summed E-state index contributed by atoms with van der Waals surface area (Å²) >= 11 is 0. The molecule has 2 aliphatic rings. The number of rotatable bonds is 2. The van der Waals surface area contributed by atoms with Gasteiger partial charge in [-0.15, -0.1) is 10.2 Å². The van der Waals surface area contributed by atoms with Crippen molar-refractivity contribution < 1.29 is 13.2 Å². The van der Waals surface area contributed by atoms with E-state index < -0.39 is 9.84 Å². The van der Waals surface area contributed by atoms with Crippen LogP contribution in [-0.4, -0.2) is 69.8 Å². The summed E-state index contributed by atoms with van der Waals surface area (Å²) in [6, 6.07) is 3.49. The highest BCUT2D eigenvalue weighted by molar-refractivity contribution is 7.91. The first-order valence-corrected chi connectivity index (χ1v) is 11.9. The van der Waals surface area contributed by atoms with E-state index in [1.54, 1.807) is 4.90 Å². The van der Waals surface area contributed by atoms with Gasteiger partial charge >= 0.3 is 6.03 Å². The number of nitrogens with zero attached hydrogens (tertiary/aromatic N) is 5. The lowest BCUT2D eigenvalue weighted by atomic mass is 9.92. The Morgan fingerprint density at radius 3 is 2.48 bits per heavy atom. The standard InChI is InChI=1S/C19H28N6O3S/c1-19(2,3)15-4-5-16-21-22-17(25(16)23-15)13-6-9-24(10-7-13)18(26)20-14-8-11-29(27,28)12-14/h4-5,13-14H,6-12H2,1-3H3,(H,20,26). The summed E-state index contributed by atoms with van der Waals surface area (Å²) in [7, 11) is -3.00. The lowest BCUT2D eigenvalue weighted by molar-refractivity contribution is 0.177. The predicted octanol–water partition coefficient (Wildman–Crippen LogP) is 1.50. The van der Waals surface area contributed by atoms with Crippen molar-refractivity contribution in [3.8, 4) is 0 Å². The molecule has 0 spiro atoms. The summed E-state index contributed by atoms with van der Waals surface area (Å²) in [5.41, 5.74) is 1.65. The number of fused-ring (bicyclic) bond motifs is 1. The number of urea groups is 1. The van der Waals surface area contributed by atoms with Gasteiger partial charge in [-0.1, -0.05) is 20.8 Å². The van der Waals surface area contributed by atoms with Crippen molar-refractivity contribution in [3.63, 3.8) is 0 Å². The molecule has 29 heavy (non-hydrogen) atoms. The zero-order chi connectivity index (χ0) is 20.8. The lowest BCUT2D eigenvalue weighted by Crippen LogP contribution is -2.48. The molecule has 10 heteroatoms. The van der Waals surface area contributed by atoms with Crippen molar-refractivity contribution in [2.75, 3.05) is 24.6 Å². The van der Waals surface area contributed by atoms with Crippen LogP contribution < -0.4 is 5.32 Å². The van der Waals surface area contributed by atoms with Gasteiger partial charge < -0.3 is 10.2 Å². The molecule has 0 aliphatic carbocycles. The fraction of sp³-hybridized carbons (Fsp3) is 0.684. The van der Waals surface area contributed by atoms with Crippen molar-refractivity contribution in [2.45, 2.75) is 57.4 Å². The number of hydrogen-bond acceptors (Lipinski definition) is 6. The topological polar surface area (TPSA) is 110 Å². The highest BCUT2D eigenvalue weighted by Gasteiger charge is 2.32. The lowest BCUT2D eigenvalue weighted by Gasteiger charge is -2.32. The van der Waals surface area contributed by atoms with Gasteiger partial charge in [-0.3, -0.25) is 0 Å². The van der Waals surface area contributed by atoms with Gasteiger partial charge in [0.15, 0.2) is 21.3 Å². The highest BCUT2D eigenvalue weighted by Crippen LogP contribution is 2.28. The van der Waals surface area contributed by atoms with E-state index in [0.717, 1.165) is 30.0 Å². The van der Waals surface area contributed by atoms with E-state index >= 15 is 0 Å². The van der Waals surface area contributed by atoms with Crippen LogP contribution in [0.2, 0.25) is 0 Å². The molecule has 0 bridgehead atoms. The fourth-order valence-corrected chi connectivity index (χ4v) is 5.65. The Labute approximate surface area is 170 Å². The molecule has 0 radical (unpaired) electrons. The molecule has 2 fully saturated rings. The van der Waals surface area contributed by atoms with Crippen LogP contribution in [0, 0.1) is 0 Å². The molecule has 9 nitrogen and oxygen atoms in total. The molecule has 2 aliphatic heterocycles. The third kappa shape index (κ3) is 4.22. The molecule has 0 aromatic carbocycles. The number of carbonyl (C=O) groups excluding carboxylic acids is 1. The van der Waals surface area contributed by atoms with Crippen molar-refractivity contribution in [3.05, 3.63) is 23.7 Å². The average Bonchev–Trinajstić information content (AvgIpc) is 3.23. The van der Waals surface area contributed by atoms with Gasteiger partial charge in [-0.25, -0.2) is 13.2 Å². The van der Waals surface area contributed by atoms with E-state index in [1.165, 1.54) is 0 Å². The Kier molecular flexibility index (Phi) is 5.00. The predicted molar refractivity (Wildman–Crippen MR) is 109 cm³/mol. The fourth-order valence-electron chi connectivity index (χ4n) is 3.98. The molecule has 0 saturated carbocycles. The van der Waals surface area contributed by atoms with E-state index in [0.29, 0.717) is 19.5 Å². The number of hydrogen-bond donors (Lipinski definition) is 1. The maximum atomic E-state index is 12.5. The Hall–Kier alpha value is -2.23. The molecular formula is C19H28N6O3S. The van der Waals surface area contributed by atoms with Gasteiger partial charge in [0, 0.05) is 30.5 Å². The van der Waals surface area contributed by atoms with Gasteiger partial charge in [0.1, 0.15) is 0 Å². The Bertz CT molecular complexity index is 1020. The number of piperidine rings is 1. The summed E-state index contributed by atoms with van der Waals surface area (Å²) in [5, 5.41) is 16.3. The van der Waals surface area contributed by atoms with Crippen LogP contribution in [-0.2, 0) is 15.3 Å². The van der Waals surface area contributed by atoms with Crippen molar-refractivity contribution in [1.82, 2.24) is 30.0 Å². The minimum atomic E-state index is -3.00. The quantitative estimate of drug-likeness (QED) is 0.788. The Morgan fingerprint density at radius 1 is 1.14 bits per heavy atom. The number of amides is 2. The zero-order valence-electron chi connectivity index (χ0n) is 17.1. The molecule has 1 atom stereocenters. The first-order chi connectivity index (χ1) is 13.6. The Balaban J connectivity index is 1.41. The van der Waals surface area contributed by atoms with E-state index in [9.17, 15) is 13.2 Å². The third-order valence-electron chi connectivity index (χ3n) is 5.76. The SMILES string of the molecule is CC(C)(C)c1ccc2nnc(C3CCN(C(=O)NC4CCS(=O)(=O)C4)CC3)n2n1. The second-order valence-corrected chi connectivity index (χ2v) is 11.3. The maximum absolute atomic E-state index is 12.5. The molecule has 2 amide bonds. The van der Waals surface area contributed by atoms with Crippen LogP contribution >= 0.6 is 0 Å². The molecule has 4 heterocycles. The van der Waals surface area contributed by atoms with Crippen LogP contribution in [0.5, 0.6) is 0 Å². The van der Waals surface area contributed by atoms with Crippen LogP contribution in [0.4, 0.5) is 4.79 Å². The largest absolute Gasteiger partial charge is 0.334 e. The first kappa shape index (κ1) is 20.1. The smallest absolute Gasteiger partial charge is 0.317 e. The van der Waals surface area contributed by atoms with E-state index in [4.69, 9.17) is 5.10 Å². The first-order valence-electron chi connectivity index (χ1n) is 10.1. The van der Waals surface area contributed by atoms with E-state index in [1.807, 2.05) is 16.6 Å². The number of carbonyl (C=O) groups is 1. The second kappa shape index (κ2) is 7.23. The molecule has 2 saturated heterocycles. The summed E-state index contributed by atoms with van der Waals surface area (Å²) < 4.78 is 25.0. The number of sulfone groups is 1. The summed E-state index contributed by atoms with van der Waals surface area (Å²) in [6.45, 7) is 7.57. The van der Waals surface area contributed by atoms with Crippen LogP contribution in [0.1, 0.15) is 57.5 Å². The van der Waals surface area contributed by atoms with Crippen LogP contribution in [0.15, 0.2) is 12.1 Å². The molecule has 2 aromatic heterocycles. The molecule has 4 rings (SSSR count).